The topological polar surface area (TPSA) is 130 Å². The highest BCUT2D eigenvalue weighted by Crippen LogP contribution is 2.72. The van der Waals surface area contributed by atoms with Crippen molar-refractivity contribution in [1.82, 2.24) is 0 Å². The minimum Gasteiger partial charge on any atom is -0.481 e. The van der Waals surface area contributed by atoms with Crippen LogP contribution in [0.2, 0.25) is 0 Å². The summed E-state index contributed by atoms with van der Waals surface area (Å²) in [5, 5.41) is 32.2. The molecule has 0 aromatic heterocycles. The number of carboxylic acids is 1. The van der Waals surface area contributed by atoms with Gasteiger partial charge in [-0.3, -0.25) is 14.4 Å². The van der Waals surface area contributed by atoms with Crippen molar-refractivity contribution in [2.24, 2.45) is 45.3 Å². The number of esters is 2. The number of hydrogen-bond donors (Lipinski definition) is 3. The Morgan fingerprint density at radius 1 is 1.00 bits per heavy atom. The minimum absolute atomic E-state index is 0.114. The number of hydrogen-bond acceptors (Lipinski definition) is 7. The molecule has 0 aliphatic heterocycles. The van der Waals surface area contributed by atoms with Crippen molar-refractivity contribution in [3.8, 4) is 0 Å². The van der Waals surface area contributed by atoms with E-state index < -0.39 is 35.5 Å². The quantitative estimate of drug-likeness (QED) is 0.162. The number of aliphatic carboxylic acids is 1. The van der Waals surface area contributed by atoms with Crippen LogP contribution in [0.25, 0.3) is 0 Å². The maximum atomic E-state index is 13.0. The molecule has 4 aliphatic carbocycles. The Bertz CT molecular complexity index is 1260. The first kappa shape index (κ1) is 36.6. The summed E-state index contributed by atoms with van der Waals surface area (Å²) in [6.07, 6.45) is 6.50. The summed E-state index contributed by atoms with van der Waals surface area (Å²) >= 11 is 0. The number of carboxylic acid groups (broad SMARTS) is 1. The molecule has 2 saturated carbocycles. The van der Waals surface area contributed by atoms with Gasteiger partial charge in [0.05, 0.1) is 37.6 Å². The monoisotopic (exact) mass is 644 g/mol. The van der Waals surface area contributed by atoms with Crippen LogP contribution in [0.1, 0.15) is 126 Å². The Balaban J connectivity index is 1.54. The van der Waals surface area contributed by atoms with Gasteiger partial charge in [0.25, 0.3) is 0 Å². The van der Waals surface area contributed by atoms with Crippen LogP contribution in [-0.4, -0.2) is 58.1 Å². The van der Waals surface area contributed by atoms with Crippen molar-refractivity contribution in [2.75, 3.05) is 7.11 Å². The second-order valence-electron chi connectivity index (χ2n) is 16.9. The van der Waals surface area contributed by atoms with Gasteiger partial charge in [-0.1, -0.05) is 64.8 Å². The first-order chi connectivity index (χ1) is 21.2. The number of rotatable bonds is 11. The molecule has 4 rings (SSSR count). The number of ether oxygens (including phenoxy) is 2. The van der Waals surface area contributed by atoms with Gasteiger partial charge in [-0.15, -0.1) is 0 Å². The molecule has 0 aromatic rings. The molecule has 0 saturated heterocycles. The molecule has 10 atom stereocenters. The largest absolute Gasteiger partial charge is 0.481 e. The first-order valence-corrected chi connectivity index (χ1v) is 17.5. The third-order valence-electron chi connectivity index (χ3n) is 14.0. The lowest BCUT2D eigenvalue weighted by Gasteiger charge is -2.63. The summed E-state index contributed by atoms with van der Waals surface area (Å²) in [6.45, 7) is 21.0. The molecule has 0 aromatic carbocycles. The van der Waals surface area contributed by atoms with Crippen molar-refractivity contribution in [1.29, 1.82) is 0 Å². The van der Waals surface area contributed by atoms with Crippen LogP contribution in [0.5, 0.6) is 0 Å². The van der Waals surface area contributed by atoms with E-state index >= 15 is 0 Å². The van der Waals surface area contributed by atoms with Crippen LogP contribution < -0.4 is 0 Å². The van der Waals surface area contributed by atoms with Gasteiger partial charge in [0, 0.05) is 10.8 Å². The highest BCUT2D eigenvalue weighted by atomic mass is 16.5. The van der Waals surface area contributed by atoms with Crippen molar-refractivity contribution in [3.05, 3.63) is 23.3 Å². The van der Waals surface area contributed by atoms with Gasteiger partial charge in [0.2, 0.25) is 0 Å². The predicted molar refractivity (Wildman–Crippen MR) is 177 cm³/mol. The number of carbonyl (C=O) groups is 3. The van der Waals surface area contributed by atoms with Crippen molar-refractivity contribution in [2.45, 2.75) is 144 Å². The van der Waals surface area contributed by atoms with E-state index in [0.29, 0.717) is 31.1 Å². The highest BCUT2D eigenvalue weighted by Gasteiger charge is 2.66. The van der Waals surface area contributed by atoms with Crippen LogP contribution >= 0.6 is 0 Å². The molecule has 0 amide bonds. The zero-order valence-electron chi connectivity index (χ0n) is 29.8. The Kier molecular flexibility index (Phi) is 10.1. The lowest BCUT2D eigenvalue weighted by molar-refractivity contribution is -0.175. The molecule has 4 aliphatic rings. The molecule has 46 heavy (non-hydrogen) atoms. The highest BCUT2D eigenvalue weighted by molar-refractivity contribution is 5.75. The maximum absolute atomic E-state index is 13.0. The summed E-state index contributed by atoms with van der Waals surface area (Å²) < 4.78 is 10.7. The average molecular weight is 645 g/mol. The van der Waals surface area contributed by atoms with Gasteiger partial charge < -0.3 is 24.8 Å². The fourth-order valence-corrected chi connectivity index (χ4v) is 10.8. The molecule has 3 unspecified atom stereocenters. The second kappa shape index (κ2) is 12.7. The zero-order valence-corrected chi connectivity index (χ0v) is 29.8. The van der Waals surface area contributed by atoms with Gasteiger partial charge in [-0.25, -0.2) is 0 Å². The summed E-state index contributed by atoms with van der Waals surface area (Å²) in [7, 11) is 1.26. The maximum Gasteiger partial charge on any atom is 0.310 e. The molecule has 0 radical (unpaired) electrons. The Labute approximate surface area is 276 Å². The van der Waals surface area contributed by atoms with Gasteiger partial charge in [0.15, 0.2) is 0 Å². The Morgan fingerprint density at radius 3 is 2.24 bits per heavy atom. The number of allylic oxidation sites excluding steroid dienone is 1. The molecule has 8 nitrogen and oxygen atoms in total. The van der Waals surface area contributed by atoms with Crippen LogP contribution in [0.15, 0.2) is 23.3 Å². The molecule has 0 spiro atoms. The van der Waals surface area contributed by atoms with E-state index in [0.717, 1.165) is 44.1 Å². The SMILES string of the molecule is C=C(CCC(C)[C@H]1CC[C@@]2(C)C3=C(C[C@H](O)[C@]12C)[C@@]1(C)CC[C@@H](OC(=O)CC(C)(O)CC(=O)OC)C(C)(C)C1CC3)[C@H](C)C(=O)O. The average Bonchev–Trinajstić information content (AvgIpc) is 3.25. The lowest BCUT2D eigenvalue weighted by Crippen LogP contribution is -2.58. The predicted octanol–water partition coefficient (Wildman–Crippen LogP) is 7.02. The smallest absolute Gasteiger partial charge is 0.310 e. The zero-order chi connectivity index (χ0) is 34.6. The number of aliphatic hydroxyl groups is 2. The van der Waals surface area contributed by atoms with Crippen molar-refractivity contribution >= 4 is 17.9 Å². The molecule has 0 heterocycles. The van der Waals surface area contributed by atoms with Crippen molar-refractivity contribution < 1.29 is 39.2 Å². The Morgan fingerprint density at radius 2 is 1.63 bits per heavy atom. The van der Waals surface area contributed by atoms with E-state index in [9.17, 15) is 29.7 Å². The fourth-order valence-electron chi connectivity index (χ4n) is 10.8. The van der Waals surface area contributed by atoms with E-state index in [-0.39, 0.29) is 46.5 Å². The van der Waals surface area contributed by atoms with E-state index in [1.807, 2.05) is 0 Å². The molecule has 0 bridgehead atoms. The second-order valence-corrected chi connectivity index (χ2v) is 16.9. The Hall–Kier alpha value is -2.19. The minimum atomic E-state index is -1.54. The summed E-state index contributed by atoms with van der Waals surface area (Å²) in [5.74, 6) is -1.52. The fraction of sp³-hybridized carbons (Fsp3) is 0.816. The summed E-state index contributed by atoms with van der Waals surface area (Å²) in [6, 6.07) is 0. The van der Waals surface area contributed by atoms with E-state index in [1.54, 1.807) is 12.5 Å². The number of methoxy groups -OCH3 is 1. The summed E-state index contributed by atoms with van der Waals surface area (Å²) in [4.78, 5) is 36.2. The van der Waals surface area contributed by atoms with Crippen LogP contribution in [0, 0.1) is 45.3 Å². The van der Waals surface area contributed by atoms with Crippen molar-refractivity contribution in [3.63, 3.8) is 0 Å². The number of fused-ring (bicyclic) bond motifs is 4. The molecule has 3 N–H and O–H groups in total. The van der Waals surface area contributed by atoms with Crippen LogP contribution in [-0.2, 0) is 23.9 Å². The van der Waals surface area contributed by atoms with Gasteiger partial charge in [0.1, 0.15) is 6.10 Å². The normalized spacial score (nSPS) is 37.5. The van der Waals surface area contributed by atoms with Gasteiger partial charge in [-0.05, 0) is 100 Å². The summed E-state index contributed by atoms with van der Waals surface area (Å²) in [5.41, 5.74) is 1.38. The number of carbonyl (C=O) groups excluding carboxylic acids is 2. The first-order valence-electron chi connectivity index (χ1n) is 17.5. The molecular weight excluding hydrogens is 584 g/mol. The molecule has 260 valence electrons. The van der Waals surface area contributed by atoms with Gasteiger partial charge >= 0.3 is 17.9 Å². The number of aliphatic hydroxyl groups excluding tert-OH is 1. The molecule has 2 fully saturated rings. The van der Waals surface area contributed by atoms with E-state index in [1.165, 1.54) is 19.6 Å². The molecular formula is C38H60O8. The third-order valence-corrected chi connectivity index (χ3v) is 14.0. The third kappa shape index (κ3) is 6.10. The van der Waals surface area contributed by atoms with E-state index in [4.69, 9.17) is 4.74 Å². The van der Waals surface area contributed by atoms with Crippen LogP contribution in [0.3, 0.4) is 0 Å². The molecule has 8 heteroatoms. The lowest BCUT2D eigenvalue weighted by atomic mass is 9.42. The standard InChI is InChI=1S/C38H60O8/c1-22(24(3)33(42)43)11-12-23(2)25-15-18-37(8)26-13-14-28-34(4,5)30(46-32(41)21-35(6,44)20-31(40)45-10)16-17-36(28,7)27(26)19-29(39)38(25,37)9/h23-25,28-30,39,44H,1,11-21H2,2-10H3,(H,42,43)/t23?,24-,25+,28?,29-,30+,35?,36+,37-,38-/m0/s1. The van der Waals surface area contributed by atoms with E-state index in [2.05, 4.69) is 52.9 Å². The van der Waals surface area contributed by atoms with Crippen LogP contribution in [0.4, 0.5) is 0 Å². The van der Waals surface area contributed by atoms with Gasteiger partial charge in [-0.2, -0.15) is 0 Å².